The standard InChI is InChI=1S/C30H28ClN5O2S2/c1-20(16-17-21-10-4-3-5-11-21)32-29(37)24-18-39-27(33-24)19-40-30-35-34-28(22-12-6-7-13-23(22)31)36(30)25-14-8-9-15-26(25)38-2/h3-15,18,20H,16-17,19H2,1-2H3,(H,32,37). The lowest BCUT2D eigenvalue weighted by Crippen LogP contribution is -2.33. The smallest absolute Gasteiger partial charge is 0.270 e. The number of ether oxygens (including phenoxy) is 1. The first kappa shape index (κ1) is 27.9. The van der Waals surface area contributed by atoms with Crippen molar-refractivity contribution < 1.29 is 9.53 Å². The minimum atomic E-state index is -0.161. The Labute approximate surface area is 246 Å². The van der Waals surface area contributed by atoms with E-state index in [0.717, 1.165) is 29.1 Å². The van der Waals surface area contributed by atoms with Crippen molar-refractivity contribution in [3.8, 4) is 22.8 Å². The third-order valence-corrected chi connectivity index (χ3v) is 8.57. The zero-order valence-corrected chi connectivity index (χ0v) is 24.5. The van der Waals surface area contributed by atoms with E-state index >= 15 is 0 Å². The topological polar surface area (TPSA) is 81.9 Å². The van der Waals surface area contributed by atoms with Crippen LogP contribution in [0.15, 0.2) is 89.4 Å². The number of methoxy groups -OCH3 is 1. The van der Waals surface area contributed by atoms with Crippen molar-refractivity contribution in [1.82, 2.24) is 25.1 Å². The second-order valence-electron chi connectivity index (χ2n) is 9.11. The second kappa shape index (κ2) is 13.1. The van der Waals surface area contributed by atoms with E-state index in [1.807, 2.05) is 78.2 Å². The van der Waals surface area contributed by atoms with Crippen LogP contribution >= 0.6 is 34.7 Å². The van der Waals surface area contributed by atoms with Gasteiger partial charge in [-0.3, -0.25) is 9.36 Å². The van der Waals surface area contributed by atoms with Crippen LogP contribution in [0, 0.1) is 0 Å². The number of halogens is 1. The average molecular weight is 590 g/mol. The Kier molecular flexibility index (Phi) is 9.15. The third-order valence-electron chi connectivity index (χ3n) is 6.27. The molecule has 1 atom stereocenters. The molecule has 7 nitrogen and oxygen atoms in total. The fourth-order valence-corrected chi connectivity index (χ4v) is 6.17. The van der Waals surface area contributed by atoms with Crippen molar-refractivity contribution in [1.29, 1.82) is 0 Å². The molecule has 0 aliphatic rings. The van der Waals surface area contributed by atoms with E-state index in [-0.39, 0.29) is 11.9 Å². The molecule has 5 aromatic rings. The molecule has 1 N–H and O–H groups in total. The van der Waals surface area contributed by atoms with Gasteiger partial charge in [0.1, 0.15) is 16.5 Å². The molecular weight excluding hydrogens is 562 g/mol. The molecule has 1 amide bonds. The Balaban J connectivity index is 1.30. The number of hydrogen-bond acceptors (Lipinski definition) is 7. The van der Waals surface area contributed by atoms with E-state index in [2.05, 4.69) is 32.6 Å². The van der Waals surface area contributed by atoms with Gasteiger partial charge in [0.2, 0.25) is 0 Å². The maximum absolute atomic E-state index is 12.8. The van der Waals surface area contributed by atoms with Crippen molar-refractivity contribution in [2.45, 2.75) is 36.7 Å². The van der Waals surface area contributed by atoms with Crippen LogP contribution in [-0.2, 0) is 12.2 Å². The Morgan fingerprint density at radius 3 is 2.60 bits per heavy atom. The first-order chi connectivity index (χ1) is 19.5. The van der Waals surface area contributed by atoms with Gasteiger partial charge in [0.15, 0.2) is 11.0 Å². The third kappa shape index (κ3) is 6.55. The Bertz CT molecular complexity index is 1590. The SMILES string of the molecule is COc1ccccc1-n1c(SCc2nc(C(=O)NC(C)CCc3ccccc3)cs2)nnc1-c1ccccc1Cl. The number of hydrogen-bond donors (Lipinski definition) is 1. The van der Waals surface area contributed by atoms with Crippen molar-refractivity contribution in [2.24, 2.45) is 0 Å². The minimum Gasteiger partial charge on any atom is -0.495 e. The van der Waals surface area contributed by atoms with Crippen LogP contribution < -0.4 is 10.1 Å². The number of rotatable bonds is 11. The van der Waals surface area contributed by atoms with Crippen LogP contribution in [0.25, 0.3) is 17.1 Å². The first-order valence-electron chi connectivity index (χ1n) is 12.8. The Morgan fingerprint density at radius 2 is 1.80 bits per heavy atom. The molecular formula is C30H28ClN5O2S2. The van der Waals surface area contributed by atoms with Crippen molar-refractivity contribution in [3.05, 3.63) is 106 Å². The highest BCUT2D eigenvalue weighted by molar-refractivity contribution is 7.98. The molecule has 1 unspecified atom stereocenters. The number of nitrogens with zero attached hydrogens (tertiary/aromatic N) is 4. The zero-order chi connectivity index (χ0) is 27.9. The largest absolute Gasteiger partial charge is 0.495 e. The molecule has 0 bridgehead atoms. The predicted molar refractivity (Wildman–Crippen MR) is 162 cm³/mol. The molecule has 5 rings (SSSR count). The van der Waals surface area contributed by atoms with E-state index in [4.69, 9.17) is 16.3 Å². The summed E-state index contributed by atoms with van der Waals surface area (Å²) in [6.07, 6.45) is 1.76. The predicted octanol–water partition coefficient (Wildman–Crippen LogP) is 7.10. The number of para-hydroxylation sites is 2. The fraction of sp³-hybridized carbons (Fsp3) is 0.200. The molecule has 0 aliphatic carbocycles. The lowest BCUT2D eigenvalue weighted by Gasteiger charge is -2.14. The van der Waals surface area contributed by atoms with Gasteiger partial charge >= 0.3 is 0 Å². The maximum atomic E-state index is 12.8. The summed E-state index contributed by atoms with van der Waals surface area (Å²) in [5.74, 6) is 1.66. The number of aromatic nitrogens is 4. The molecule has 0 saturated heterocycles. The molecule has 0 saturated carbocycles. The van der Waals surface area contributed by atoms with Gasteiger partial charge < -0.3 is 10.1 Å². The molecule has 204 valence electrons. The molecule has 0 radical (unpaired) electrons. The van der Waals surface area contributed by atoms with Crippen molar-refractivity contribution in [3.63, 3.8) is 0 Å². The van der Waals surface area contributed by atoms with Crippen molar-refractivity contribution >= 4 is 40.6 Å². The van der Waals surface area contributed by atoms with Gasteiger partial charge in [0.25, 0.3) is 5.91 Å². The lowest BCUT2D eigenvalue weighted by atomic mass is 10.1. The van der Waals surface area contributed by atoms with E-state index in [0.29, 0.717) is 33.2 Å². The summed E-state index contributed by atoms with van der Waals surface area (Å²) in [5.41, 5.74) is 3.26. The number of aryl methyl sites for hydroxylation is 1. The summed E-state index contributed by atoms with van der Waals surface area (Å²) in [5, 5.41) is 15.9. The molecule has 2 heterocycles. The van der Waals surface area contributed by atoms with Crippen molar-refractivity contribution in [2.75, 3.05) is 7.11 Å². The van der Waals surface area contributed by atoms with Crippen LogP contribution in [0.4, 0.5) is 0 Å². The summed E-state index contributed by atoms with van der Waals surface area (Å²) in [7, 11) is 1.63. The minimum absolute atomic E-state index is 0.0369. The van der Waals surface area contributed by atoms with Crippen LogP contribution in [0.5, 0.6) is 5.75 Å². The van der Waals surface area contributed by atoms with Gasteiger partial charge in [-0.2, -0.15) is 0 Å². The van der Waals surface area contributed by atoms with E-state index < -0.39 is 0 Å². The molecule has 0 aliphatic heterocycles. The number of nitrogens with one attached hydrogen (secondary N) is 1. The number of thioether (sulfide) groups is 1. The van der Waals surface area contributed by atoms with E-state index in [9.17, 15) is 4.79 Å². The molecule has 3 aromatic carbocycles. The van der Waals surface area contributed by atoms with E-state index in [1.165, 1.54) is 28.7 Å². The highest BCUT2D eigenvalue weighted by Gasteiger charge is 2.21. The Hall–Kier alpha value is -3.66. The molecule has 40 heavy (non-hydrogen) atoms. The van der Waals surface area contributed by atoms with Gasteiger partial charge in [-0.1, -0.05) is 78.0 Å². The number of amides is 1. The van der Waals surface area contributed by atoms with Crippen LogP contribution in [0.1, 0.15) is 34.4 Å². The monoisotopic (exact) mass is 589 g/mol. The van der Waals surface area contributed by atoms with Gasteiger partial charge in [0, 0.05) is 17.0 Å². The lowest BCUT2D eigenvalue weighted by molar-refractivity contribution is 0.0934. The molecule has 10 heteroatoms. The summed E-state index contributed by atoms with van der Waals surface area (Å²) in [4.78, 5) is 17.4. The quantitative estimate of drug-likeness (QED) is 0.166. The average Bonchev–Trinajstić information content (AvgIpc) is 3.63. The maximum Gasteiger partial charge on any atom is 0.270 e. The molecule has 2 aromatic heterocycles. The first-order valence-corrected chi connectivity index (χ1v) is 15.0. The second-order valence-corrected chi connectivity index (χ2v) is 11.4. The van der Waals surface area contributed by atoms with Gasteiger partial charge in [-0.05, 0) is 49.6 Å². The van der Waals surface area contributed by atoms with Gasteiger partial charge in [-0.25, -0.2) is 4.98 Å². The number of benzene rings is 3. The molecule has 0 spiro atoms. The number of thiazole rings is 1. The van der Waals surface area contributed by atoms with E-state index in [1.54, 1.807) is 12.5 Å². The fourth-order valence-electron chi connectivity index (χ4n) is 4.22. The van der Waals surface area contributed by atoms with Gasteiger partial charge in [0.05, 0.1) is 23.6 Å². The normalized spacial score (nSPS) is 11.8. The Morgan fingerprint density at radius 1 is 1.05 bits per heavy atom. The summed E-state index contributed by atoms with van der Waals surface area (Å²) in [6.45, 7) is 2.02. The zero-order valence-electron chi connectivity index (χ0n) is 22.1. The molecule has 0 fully saturated rings. The highest BCUT2D eigenvalue weighted by Crippen LogP contribution is 2.36. The summed E-state index contributed by atoms with van der Waals surface area (Å²) in [6, 6.07) is 25.6. The summed E-state index contributed by atoms with van der Waals surface area (Å²) < 4.78 is 7.58. The van der Waals surface area contributed by atoms with Crippen LogP contribution in [0.2, 0.25) is 5.02 Å². The number of carbonyl (C=O) groups excluding carboxylic acids is 1. The van der Waals surface area contributed by atoms with Crippen LogP contribution in [-0.4, -0.2) is 38.8 Å². The number of carbonyl (C=O) groups is 1. The van der Waals surface area contributed by atoms with Gasteiger partial charge in [-0.15, -0.1) is 21.5 Å². The van der Waals surface area contributed by atoms with Crippen LogP contribution in [0.3, 0.4) is 0 Å². The summed E-state index contributed by atoms with van der Waals surface area (Å²) >= 11 is 9.47. The highest BCUT2D eigenvalue weighted by atomic mass is 35.5.